The number of aryl methyl sites for hydroxylation is 1. The molecule has 0 radical (unpaired) electrons. The standard InChI is InChI=1S/C19H30ClNO3S/c1-5-6-7-8-24-18-10-16(4)17(20)11-19(18)25(22,23)21-12-14(2)9-15(3)13-21/h10-11,14-15H,5-9,12-13H2,1-4H3/t14-,15-/m1/s1. The van der Waals surface area contributed by atoms with Crippen LogP contribution in [0.15, 0.2) is 17.0 Å². The lowest BCUT2D eigenvalue weighted by Gasteiger charge is -2.34. The highest BCUT2D eigenvalue weighted by Gasteiger charge is 2.34. The summed E-state index contributed by atoms with van der Waals surface area (Å²) in [5.74, 6) is 1.13. The van der Waals surface area contributed by atoms with Crippen molar-refractivity contribution in [3.63, 3.8) is 0 Å². The van der Waals surface area contributed by atoms with Gasteiger partial charge in [0.15, 0.2) is 0 Å². The molecular weight excluding hydrogens is 358 g/mol. The van der Waals surface area contributed by atoms with Crippen LogP contribution in [0.3, 0.4) is 0 Å². The average Bonchev–Trinajstić information content (AvgIpc) is 2.53. The Kier molecular flexibility index (Phi) is 7.18. The van der Waals surface area contributed by atoms with Crippen molar-refractivity contribution in [2.24, 2.45) is 11.8 Å². The summed E-state index contributed by atoms with van der Waals surface area (Å²) in [5.41, 5.74) is 0.825. The zero-order chi connectivity index (χ0) is 18.6. The van der Waals surface area contributed by atoms with Crippen LogP contribution in [0.25, 0.3) is 0 Å². The predicted molar refractivity (Wildman–Crippen MR) is 103 cm³/mol. The molecule has 25 heavy (non-hydrogen) atoms. The van der Waals surface area contributed by atoms with E-state index in [1.807, 2.05) is 6.92 Å². The average molecular weight is 388 g/mol. The molecule has 0 unspecified atom stereocenters. The molecule has 1 aromatic rings. The second-order valence-corrected chi connectivity index (χ2v) is 9.69. The first kappa shape index (κ1) is 20.5. The maximum atomic E-state index is 13.2. The van der Waals surface area contributed by atoms with Crippen molar-refractivity contribution in [3.8, 4) is 5.75 Å². The summed E-state index contributed by atoms with van der Waals surface area (Å²) >= 11 is 6.23. The highest BCUT2D eigenvalue weighted by molar-refractivity contribution is 7.89. The molecular formula is C19H30ClNO3S. The van der Waals surface area contributed by atoms with Gasteiger partial charge in [0.2, 0.25) is 10.0 Å². The zero-order valence-electron chi connectivity index (χ0n) is 15.7. The Morgan fingerprint density at radius 1 is 1.20 bits per heavy atom. The summed E-state index contributed by atoms with van der Waals surface area (Å²) < 4.78 is 33.9. The van der Waals surface area contributed by atoms with Gasteiger partial charge in [0.1, 0.15) is 10.6 Å². The molecule has 1 heterocycles. The van der Waals surface area contributed by atoms with Crippen molar-refractivity contribution >= 4 is 21.6 Å². The molecule has 2 rings (SSSR count). The molecule has 0 bridgehead atoms. The van der Waals surface area contributed by atoms with E-state index in [1.54, 1.807) is 16.4 Å². The molecule has 0 N–H and O–H groups in total. The smallest absolute Gasteiger partial charge is 0.246 e. The molecule has 1 fully saturated rings. The molecule has 0 saturated carbocycles. The number of benzene rings is 1. The zero-order valence-corrected chi connectivity index (χ0v) is 17.3. The van der Waals surface area contributed by atoms with E-state index in [0.717, 1.165) is 31.2 Å². The van der Waals surface area contributed by atoms with Crippen LogP contribution in [0.2, 0.25) is 5.02 Å². The minimum Gasteiger partial charge on any atom is -0.492 e. The van der Waals surface area contributed by atoms with E-state index in [9.17, 15) is 8.42 Å². The molecule has 6 heteroatoms. The van der Waals surface area contributed by atoms with E-state index in [0.29, 0.717) is 42.3 Å². The molecule has 1 aromatic carbocycles. The first-order chi connectivity index (χ1) is 11.8. The van der Waals surface area contributed by atoms with Crippen molar-refractivity contribution in [2.45, 2.75) is 58.3 Å². The Balaban J connectivity index is 2.33. The lowest BCUT2D eigenvalue weighted by Crippen LogP contribution is -2.42. The van der Waals surface area contributed by atoms with E-state index in [1.165, 1.54) is 0 Å². The van der Waals surface area contributed by atoms with Gasteiger partial charge >= 0.3 is 0 Å². The molecule has 1 saturated heterocycles. The van der Waals surface area contributed by atoms with E-state index >= 15 is 0 Å². The third-order valence-electron chi connectivity index (χ3n) is 4.68. The Labute approximate surface area is 157 Å². The molecule has 0 aromatic heterocycles. The number of unbranched alkanes of at least 4 members (excludes halogenated alkanes) is 2. The van der Waals surface area contributed by atoms with E-state index in [4.69, 9.17) is 16.3 Å². The van der Waals surface area contributed by atoms with Gasteiger partial charge in [-0.15, -0.1) is 0 Å². The minimum absolute atomic E-state index is 0.195. The third kappa shape index (κ3) is 5.11. The van der Waals surface area contributed by atoms with Crippen LogP contribution in [-0.4, -0.2) is 32.4 Å². The molecule has 0 aliphatic carbocycles. The van der Waals surface area contributed by atoms with Crippen LogP contribution in [0.1, 0.15) is 52.0 Å². The van der Waals surface area contributed by atoms with Crippen LogP contribution < -0.4 is 4.74 Å². The molecule has 142 valence electrons. The van der Waals surface area contributed by atoms with Gasteiger partial charge in [0.25, 0.3) is 0 Å². The second-order valence-electron chi connectivity index (χ2n) is 7.37. The fourth-order valence-electron chi connectivity index (χ4n) is 3.43. The van der Waals surface area contributed by atoms with Crippen molar-refractivity contribution in [1.29, 1.82) is 0 Å². The molecule has 0 amide bonds. The van der Waals surface area contributed by atoms with Gasteiger partial charge in [0, 0.05) is 18.1 Å². The second kappa shape index (κ2) is 8.74. The summed E-state index contributed by atoms with van der Waals surface area (Å²) in [6.07, 6.45) is 4.13. The maximum Gasteiger partial charge on any atom is 0.246 e. The fraction of sp³-hybridized carbons (Fsp3) is 0.684. The van der Waals surface area contributed by atoms with Crippen LogP contribution >= 0.6 is 11.6 Å². The Bertz CT molecular complexity index is 680. The largest absolute Gasteiger partial charge is 0.492 e. The fourth-order valence-corrected chi connectivity index (χ4v) is 5.47. The first-order valence-electron chi connectivity index (χ1n) is 9.18. The van der Waals surface area contributed by atoms with Crippen LogP contribution in [0.5, 0.6) is 5.75 Å². The molecule has 0 spiro atoms. The van der Waals surface area contributed by atoms with Crippen LogP contribution in [0, 0.1) is 18.8 Å². The van der Waals surface area contributed by atoms with Gasteiger partial charge in [-0.1, -0.05) is 45.2 Å². The van der Waals surface area contributed by atoms with Crippen molar-refractivity contribution < 1.29 is 13.2 Å². The van der Waals surface area contributed by atoms with Crippen molar-refractivity contribution in [2.75, 3.05) is 19.7 Å². The summed E-state index contributed by atoms with van der Waals surface area (Å²) in [6.45, 7) is 9.81. The Hall–Kier alpha value is -0.780. The minimum atomic E-state index is -3.62. The summed E-state index contributed by atoms with van der Waals surface area (Å²) in [5, 5.41) is 0.456. The third-order valence-corrected chi connectivity index (χ3v) is 6.94. The highest BCUT2D eigenvalue weighted by Crippen LogP contribution is 2.35. The summed E-state index contributed by atoms with van der Waals surface area (Å²) in [4.78, 5) is 0.195. The quantitative estimate of drug-likeness (QED) is 0.626. The van der Waals surface area contributed by atoms with Crippen molar-refractivity contribution in [3.05, 3.63) is 22.7 Å². The normalized spacial score (nSPS) is 22.1. The van der Waals surface area contributed by atoms with E-state index < -0.39 is 10.0 Å². The maximum absolute atomic E-state index is 13.2. The molecule has 1 aliphatic heterocycles. The lowest BCUT2D eigenvalue weighted by atomic mass is 9.94. The summed E-state index contributed by atoms with van der Waals surface area (Å²) in [6, 6.07) is 3.29. The highest BCUT2D eigenvalue weighted by atomic mass is 35.5. The number of rotatable bonds is 7. The first-order valence-corrected chi connectivity index (χ1v) is 11.0. The van der Waals surface area contributed by atoms with E-state index in [-0.39, 0.29) is 4.90 Å². The van der Waals surface area contributed by atoms with Gasteiger partial charge in [-0.05, 0) is 49.3 Å². The SMILES string of the molecule is CCCCCOc1cc(C)c(Cl)cc1S(=O)(=O)N1C[C@H](C)C[C@@H](C)C1. The number of hydrogen-bond acceptors (Lipinski definition) is 3. The van der Waals surface area contributed by atoms with Crippen LogP contribution in [0.4, 0.5) is 0 Å². The lowest BCUT2D eigenvalue weighted by molar-refractivity contribution is 0.221. The van der Waals surface area contributed by atoms with Gasteiger partial charge < -0.3 is 4.74 Å². The van der Waals surface area contributed by atoms with Gasteiger partial charge in [0.05, 0.1) is 6.61 Å². The Morgan fingerprint density at radius 2 is 1.84 bits per heavy atom. The van der Waals surface area contributed by atoms with Gasteiger partial charge in [-0.25, -0.2) is 8.42 Å². The number of halogens is 1. The molecule has 4 nitrogen and oxygen atoms in total. The van der Waals surface area contributed by atoms with Crippen LogP contribution in [-0.2, 0) is 10.0 Å². The number of piperidine rings is 1. The topological polar surface area (TPSA) is 46.6 Å². The van der Waals surface area contributed by atoms with Gasteiger partial charge in [-0.3, -0.25) is 0 Å². The number of sulfonamides is 1. The summed E-state index contributed by atoms with van der Waals surface area (Å²) in [7, 11) is -3.62. The van der Waals surface area contributed by atoms with E-state index in [2.05, 4.69) is 20.8 Å². The number of ether oxygens (including phenoxy) is 1. The number of hydrogen-bond donors (Lipinski definition) is 0. The number of nitrogens with zero attached hydrogens (tertiary/aromatic N) is 1. The monoisotopic (exact) mass is 387 g/mol. The molecule has 1 aliphatic rings. The van der Waals surface area contributed by atoms with Gasteiger partial charge in [-0.2, -0.15) is 4.31 Å². The Morgan fingerprint density at radius 3 is 2.44 bits per heavy atom. The molecule has 2 atom stereocenters. The van der Waals surface area contributed by atoms with Crippen molar-refractivity contribution in [1.82, 2.24) is 4.31 Å². The predicted octanol–water partition coefficient (Wildman–Crippen LogP) is 4.88.